The second kappa shape index (κ2) is 14.8. The minimum atomic E-state index is 0.837. The number of likely N-dealkylation sites (tertiary alicyclic amines) is 3. The van der Waals surface area contributed by atoms with Crippen LogP contribution in [0.3, 0.4) is 0 Å². The van der Waals surface area contributed by atoms with E-state index in [1.54, 1.807) is 0 Å². The summed E-state index contributed by atoms with van der Waals surface area (Å²) < 4.78 is 0. The Morgan fingerprint density at radius 3 is 1.41 bits per heavy atom. The molecule has 3 aliphatic heterocycles. The van der Waals surface area contributed by atoms with Gasteiger partial charge in [-0.25, -0.2) is 0 Å². The van der Waals surface area contributed by atoms with Crippen molar-refractivity contribution in [3.8, 4) is 0 Å². The highest BCUT2D eigenvalue weighted by Gasteiger charge is 2.16. The number of hydrogen-bond donors (Lipinski definition) is 0. The summed E-state index contributed by atoms with van der Waals surface area (Å²) in [6, 6.07) is 2.53. The van der Waals surface area contributed by atoms with Gasteiger partial charge in [0.2, 0.25) is 0 Å². The number of unbranched alkanes of at least 4 members (excludes halogenated alkanes) is 1. The van der Waals surface area contributed by atoms with E-state index in [2.05, 4.69) is 56.5 Å². The smallest absolute Gasteiger partial charge is 0.00669 e. The highest BCUT2D eigenvalue weighted by Crippen LogP contribution is 2.16. The highest BCUT2D eigenvalue weighted by molar-refractivity contribution is 4.72. The Morgan fingerprint density at radius 2 is 1.07 bits per heavy atom. The molecular weight excluding hydrogens is 330 g/mol. The molecule has 0 amide bonds. The first kappa shape index (κ1) is 24.9. The van der Waals surface area contributed by atoms with Gasteiger partial charge in [-0.3, -0.25) is 0 Å². The molecule has 3 saturated heterocycles. The van der Waals surface area contributed by atoms with Crippen molar-refractivity contribution in [2.24, 2.45) is 0 Å². The number of nitrogens with zero attached hydrogens (tertiary/aromatic N) is 3. The molecule has 0 radical (unpaired) electrons. The van der Waals surface area contributed by atoms with Gasteiger partial charge in [-0.1, -0.05) is 32.6 Å². The molecule has 0 spiro atoms. The molecule has 0 N–H and O–H groups in total. The van der Waals surface area contributed by atoms with Gasteiger partial charge in [0.05, 0.1) is 0 Å². The van der Waals surface area contributed by atoms with E-state index in [0.717, 1.165) is 18.1 Å². The Balaban J connectivity index is 0.000000206. The first-order valence-corrected chi connectivity index (χ1v) is 12.1. The summed E-state index contributed by atoms with van der Waals surface area (Å²) in [6.07, 6.45) is 15.5. The van der Waals surface area contributed by atoms with E-state index >= 15 is 0 Å². The lowest BCUT2D eigenvalue weighted by Gasteiger charge is -2.33. The molecule has 0 aromatic carbocycles. The quantitative estimate of drug-likeness (QED) is 0.626. The molecule has 3 rings (SSSR count). The molecular formula is C24H51N3. The predicted octanol–water partition coefficient (Wildman–Crippen LogP) is 5.64. The maximum absolute atomic E-state index is 2.65. The zero-order chi connectivity index (χ0) is 20.1. The largest absolute Gasteiger partial charge is 0.304 e. The van der Waals surface area contributed by atoms with Crippen LogP contribution in [0.15, 0.2) is 0 Å². The van der Waals surface area contributed by atoms with Gasteiger partial charge < -0.3 is 14.7 Å². The summed E-state index contributed by atoms with van der Waals surface area (Å²) in [4.78, 5) is 7.51. The first-order chi connectivity index (χ1) is 13.0. The lowest BCUT2D eigenvalue weighted by atomic mass is 10.0. The molecule has 3 fully saturated rings. The topological polar surface area (TPSA) is 9.72 Å². The van der Waals surface area contributed by atoms with Gasteiger partial charge in [0.15, 0.2) is 0 Å². The third-order valence-corrected chi connectivity index (χ3v) is 7.01. The van der Waals surface area contributed by atoms with E-state index in [9.17, 15) is 0 Å². The van der Waals surface area contributed by atoms with Gasteiger partial charge in [0, 0.05) is 18.1 Å². The van der Waals surface area contributed by atoms with Crippen LogP contribution in [0, 0.1) is 0 Å². The van der Waals surface area contributed by atoms with Crippen LogP contribution in [-0.2, 0) is 0 Å². The Morgan fingerprint density at radius 1 is 0.630 bits per heavy atom. The molecule has 3 atom stereocenters. The van der Waals surface area contributed by atoms with Crippen LogP contribution in [0.1, 0.15) is 98.3 Å². The zero-order valence-electron chi connectivity index (χ0n) is 19.7. The maximum atomic E-state index is 2.65. The molecule has 3 nitrogen and oxygen atoms in total. The van der Waals surface area contributed by atoms with Crippen molar-refractivity contribution < 1.29 is 0 Å². The van der Waals surface area contributed by atoms with E-state index in [0.29, 0.717) is 0 Å². The van der Waals surface area contributed by atoms with Crippen molar-refractivity contribution in [2.75, 3.05) is 40.3 Å². The van der Waals surface area contributed by atoms with Crippen molar-refractivity contribution >= 4 is 0 Å². The number of hydrogen-bond acceptors (Lipinski definition) is 3. The van der Waals surface area contributed by atoms with Crippen LogP contribution < -0.4 is 0 Å². The second-order valence-electron chi connectivity index (χ2n) is 9.39. The van der Waals surface area contributed by atoms with E-state index in [-0.39, 0.29) is 0 Å². The Hall–Kier alpha value is -0.120. The van der Waals surface area contributed by atoms with Crippen LogP contribution in [0.25, 0.3) is 0 Å². The summed E-state index contributed by atoms with van der Waals surface area (Å²) in [7, 11) is 4.42. The zero-order valence-corrected chi connectivity index (χ0v) is 19.7. The molecule has 3 heteroatoms. The number of piperidine rings is 3. The Labute approximate surface area is 171 Å². The Kier molecular flexibility index (Phi) is 13.7. The summed E-state index contributed by atoms with van der Waals surface area (Å²) in [5.41, 5.74) is 0. The molecule has 3 aliphatic rings. The van der Waals surface area contributed by atoms with E-state index in [4.69, 9.17) is 0 Å². The molecule has 0 bridgehead atoms. The fourth-order valence-corrected chi connectivity index (χ4v) is 4.33. The third kappa shape index (κ3) is 10.9. The van der Waals surface area contributed by atoms with Gasteiger partial charge in [-0.05, 0) is 106 Å². The molecule has 3 heterocycles. The van der Waals surface area contributed by atoms with Gasteiger partial charge >= 0.3 is 0 Å². The lowest BCUT2D eigenvalue weighted by molar-refractivity contribution is 0.158. The van der Waals surface area contributed by atoms with E-state index in [1.165, 1.54) is 96.8 Å². The first-order valence-electron chi connectivity index (χ1n) is 12.1. The molecule has 3 unspecified atom stereocenters. The summed E-state index contributed by atoms with van der Waals surface area (Å²) >= 11 is 0. The van der Waals surface area contributed by atoms with Crippen molar-refractivity contribution in [1.82, 2.24) is 14.7 Å². The van der Waals surface area contributed by atoms with E-state index in [1.807, 2.05) is 0 Å². The number of rotatable bonds is 3. The van der Waals surface area contributed by atoms with Crippen molar-refractivity contribution in [3.05, 3.63) is 0 Å². The normalized spacial score (nSPS) is 30.7. The van der Waals surface area contributed by atoms with Crippen molar-refractivity contribution in [2.45, 2.75) is 116 Å². The lowest BCUT2D eigenvalue weighted by Crippen LogP contribution is -2.37. The minimum absolute atomic E-state index is 0.837. The highest BCUT2D eigenvalue weighted by atomic mass is 15.2. The third-order valence-electron chi connectivity index (χ3n) is 7.01. The van der Waals surface area contributed by atoms with Crippen LogP contribution in [0.4, 0.5) is 0 Å². The SMILES string of the molecule is CC1CCCCN1C.CC1CCCCN1C.CCCCN1CCCCC1C. The molecule has 0 saturated carbocycles. The molecule has 0 aliphatic carbocycles. The van der Waals surface area contributed by atoms with Crippen molar-refractivity contribution in [3.63, 3.8) is 0 Å². The van der Waals surface area contributed by atoms with Crippen LogP contribution >= 0.6 is 0 Å². The monoisotopic (exact) mass is 381 g/mol. The molecule has 27 heavy (non-hydrogen) atoms. The fraction of sp³-hybridized carbons (Fsp3) is 1.00. The predicted molar refractivity (Wildman–Crippen MR) is 122 cm³/mol. The van der Waals surface area contributed by atoms with Crippen LogP contribution in [-0.4, -0.2) is 73.1 Å². The van der Waals surface area contributed by atoms with Crippen LogP contribution in [0.2, 0.25) is 0 Å². The molecule has 162 valence electrons. The maximum Gasteiger partial charge on any atom is 0.00669 e. The minimum Gasteiger partial charge on any atom is -0.304 e. The fourth-order valence-electron chi connectivity index (χ4n) is 4.33. The standard InChI is InChI=1S/C10H21N.2C7H15N/c1-3-4-8-11-9-6-5-7-10(11)2;2*1-7-5-3-4-6-8(7)2/h10H,3-9H2,1-2H3;2*7H,3-6H2,1-2H3. The average Bonchev–Trinajstić information content (AvgIpc) is 2.67. The summed E-state index contributed by atoms with van der Waals surface area (Å²) in [5.74, 6) is 0. The van der Waals surface area contributed by atoms with Gasteiger partial charge in [-0.2, -0.15) is 0 Å². The summed E-state index contributed by atoms with van der Waals surface area (Å²) in [5, 5.41) is 0. The average molecular weight is 382 g/mol. The molecule has 0 aromatic heterocycles. The van der Waals surface area contributed by atoms with Crippen LogP contribution in [0.5, 0.6) is 0 Å². The van der Waals surface area contributed by atoms with Gasteiger partial charge in [0.25, 0.3) is 0 Å². The second-order valence-corrected chi connectivity index (χ2v) is 9.39. The van der Waals surface area contributed by atoms with E-state index < -0.39 is 0 Å². The van der Waals surface area contributed by atoms with Crippen molar-refractivity contribution in [1.29, 1.82) is 0 Å². The van der Waals surface area contributed by atoms with Gasteiger partial charge in [-0.15, -0.1) is 0 Å². The molecule has 0 aromatic rings. The summed E-state index contributed by atoms with van der Waals surface area (Å²) in [6.45, 7) is 14.5. The Bertz CT molecular complexity index is 307. The van der Waals surface area contributed by atoms with Gasteiger partial charge in [0.1, 0.15) is 0 Å².